The highest BCUT2D eigenvalue weighted by molar-refractivity contribution is 5.79. The minimum absolute atomic E-state index is 0.663. The molecule has 1 aliphatic rings. The fourth-order valence-corrected chi connectivity index (χ4v) is 2.08. The van der Waals surface area contributed by atoms with Crippen LogP contribution in [0.25, 0.3) is 0 Å². The van der Waals surface area contributed by atoms with Gasteiger partial charge < -0.3 is 15.4 Å². The first kappa shape index (κ1) is 14.7. The Balaban J connectivity index is 1.85. The van der Waals surface area contributed by atoms with E-state index < -0.39 is 0 Å². The van der Waals surface area contributed by atoms with Crippen LogP contribution >= 0.6 is 0 Å². The van der Waals surface area contributed by atoms with Gasteiger partial charge in [0.2, 0.25) is 0 Å². The zero-order chi connectivity index (χ0) is 14.2. The molecule has 0 heterocycles. The Bertz CT molecular complexity index is 441. The number of nitrogens with one attached hydrogen (secondary N) is 2. The van der Waals surface area contributed by atoms with Gasteiger partial charge in [0.05, 0.1) is 13.7 Å². The number of hydrogen-bond donors (Lipinski definition) is 2. The maximum atomic E-state index is 5.23. The van der Waals surface area contributed by atoms with Crippen molar-refractivity contribution < 1.29 is 4.74 Å². The molecule has 0 aliphatic heterocycles. The van der Waals surface area contributed by atoms with Crippen molar-refractivity contribution >= 4 is 5.96 Å². The normalized spacial score (nSPS) is 15.0. The molecular weight excluding hydrogens is 250 g/mol. The molecule has 1 aromatic carbocycles. The Hall–Kier alpha value is -1.71. The lowest BCUT2D eigenvalue weighted by molar-refractivity contribution is 0.414. The van der Waals surface area contributed by atoms with E-state index in [1.165, 1.54) is 19.3 Å². The fraction of sp³-hybridized carbons (Fsp3) is 0.562. The molecule has 0 saturated heterocycles. The molecule has 0 radical (unpaired) electrons. The van der Waals surface area contributed by atoms with E-state index >= 15 is 0 Å². The van der Waals surface area contributed by atoms with Gasteiger partial charge in [0.1, 0.15) is 5.75 Å². The van der Waals surface area contributed by atoms with Crippen LogP contribution in [0.3, 0.4) is 0 Å². The van der Waals surface area contributed by atoms with Crippen LogP contribution in [0.4, 0.5) is 0 Å². The summed E-state index contributed by atoms with van der Waals surface area (Å²) < 4.78 is 5.23. The predicted molar refractivity (Wildman–Crippen MR) is 83.2 cm³/mol. The summed E-state index contributed by atoms with van der Waals surface area (Å²) in [6, 6.07) is 8.04. The molecule has 4 heteroatoms. The maximum Gasteiger partial charge on any atom is 0.191 e. The van der Waals surface area contributed by atoms with E-state index in [-0.39, 0.29) is 0 Å². The van der Waals surface area contributed by atoms with Gasteiger partial charge in [0.15, 0.2) is 5.96 Å². The zero-order valence-electron chi connectivity index (χ0n) is 12.5. The van der Waals surface area contributed by atoms with Crippen molar-refractivity contribution in [3.63, 3.8) is 0 Å². The van der Waals surface area contributed by atoms with E-state index in [4.69, 9.17) is 4.74 Å². The maximum absolute atomic E-state index is 5.23. The van der Waals surface area contributed by atoms with Crippen molar-refractivity contribution in [3.8, 4) is 5.75 Å². The summed E-state index contributed by atoms with van der Waals surface area (Å²) in [6.45, 7) is 4.64. The summed E-state index contributed by atoms with van der Waals surface area (Å²) in [5, 5.41) is 6.68. The topological polar surface area (TPSA) is 45.7 Å². The average molecular weight is 275 g/mol. The van der Waals surface area contributed by atoms with Crippen molar-refractivity contribution in [3.05, 3.63) is 29.8 Å². The summed E-state index contributed by atoms with van der Waals surface area (Å²) in [5.41, 5.74) is 1.16. The molecule has 0 atom stereocenters. The molecule has 1 fully saturated rings. The van der Waals surface area contributed by atoms with Crippen molar-refractivity contribution in [1.29, 1.82) is 0 Å². The third-order valence-electron chi connectivity index (χ3n) is 3.44. The van der Waals surface area contributed by atoms with Gasteiger partial charge in [0, 0.05) is 13.1 Å². The zero-order valence-corrected chi connectivity index (χ0v) is 12.5. The van der Waals surface area contributed by atoms with Crippen LogP contribution in [0.1, 0.15) is 31.7 Å². The minimum atomic E-state index is 0.663. The smallest absolute Gasteiger partial charge is 0.191 e. The molecule has 0 unspecified atom stereocenters. The van der Waals surface area contributed by atoms with Gasteiger partial charge in [-0.25, -0.2) is 4.99 Å². The highest BCUT2D eigenvalue weighted by atomic mass is 16.5. The Morgan fingerprint density at radius 2 is 2.20 bits per heavy atom. The van der Waals surface area contributed by atoms with E-state index in [0.717, 1.165) is 36.3 Å². The quantitative estimate of drug-likeness (QED) is 0.594. The average Bonchev–Trinajstić information content (AvgIpc) is 3.29. The van der Waals surface area contributed by atoms with Crippen molar-refractivity contribution in [2.45, 2.75) is 32.7 Å². The lowest BCUT2D eigenvalue weighted by atomic mass is 10.2. The predicted octanol–water partition coefficient (Wildman–Crippen LogP) is 2.55. The second-order valence-electron chi connectivity index (χ2n) is 5.21. The molecule has 0 bridgehead atoms. The van der Waals surface area contributed by atoms with Gasteiger partial charge in [-0.1, -0.05) is 25.0 Å². The van der Waals surface area contributed by atoms with E-state index in [1.807, 2.05) is 18.2 Å². The Morgan fingerprint density at radius 1 is 1.35 bits per heavy atom. The third-order valence-corrected chi connectivity index (χ3v) is 3.44. The second-order valence-corrected chi connectivity index (χ2v) is 5.21. The first-order chi connectivity index (χ1) is 9.81. The molecule has 1 aromatic rings. The minimum Gasteiger partial charge on any atom is -0.497 e. The van der Waals surface area contributed by atoms with Crippen LogP contribution in [-0.2, 0) is 6.54 Å². The second kappa shape index (κ2) is 7.78. The monoisotopic (exact) mass is 275 g/mol. The SMILES string of the molecule is CCNC(=NCc1cccc(OC)c1)NCCC1CC1. The first-order valence-electron chi connectivity index (χ1n) is 7.47. The standard InChI is InChI=1S/C16H25N3O/c1-3-17-16(18-10-9-13-7-8-13)19-12-14-5-4-6-15(11-14)20-2/h4-6,11,13H,3,7-10,12H2,1-2H3,(H2,17,18,19). The number of rotatable bonds is 7. The molecule has 0 amide bonds. The van der Waals surface area contributed by atoms with Crippen LogP contribution in [0.2, 0.25) is 0 Å². The summed E-state index contributed by atoms with van der Waals surface area (Å²) in [7, 11) is 1.69. The van der Waals surface area contributed by atoms with Gasteiger partial charge >= 0.3 is 0 Å². The number of ether oxygens (including phenoxy) is 1. The number of hydrogen-bond acceptors (Lipinski definition) is 2. The van der Waals surface area contributed by atoms with Crippen molar-refractivity contribution in [2.75, 3.05) is 20.2 Å². The lowest BCUT2D eigenvalue weighted by Crippen LogP contribution is -2.37. The third kappa shape index (κ3) is 5.11. The lowest BCUT2D eigenvalue weighted by Gasteiger charge is -2.11. The molecule has 1 aliphatic carbocycles. The highest BCUT2D eigenvalue weighted by Gasteiger charge is 2.20. The molecule has 0 spiro atoms. The molecular formula is C16H25N3O. The number of methoxy groups -OCH3 is 1. The molecule has 2 N–H and O–H groups in total. The molecule has 1 saturated carbocycles. The number of guanidine groups is 1. The summed E-state index contributed by atoms with van der Waals surface area (Å²) in [6.07, 6.45) is 4.06. The molecule has 2 rings (SSSR count). The van der Waals surface area contributed by atoms with Crippen molar-refractivity contribution in [1.82, 2.24) is 10.6 Å². The molecule has 20 heavy (non-hydrogen) atoms. The summed E-state index contributed by atoms with van der Waals surface area (Å²) >= 11 is 0. The highest BCUT2D eigenvalue weighted by Crippen LogP contribution is 2.31. The molecule has 110 valence electrons. The van der Waals surface area contributed by atoms with E-state index in [9.17, 15) is 0 Å². The van der Waals surface area contributed by atoms with Gasteiger partial charge in [-0.2, -0.15) is 0 Å². The summed E-state index contributed by atoms with van der Waals surface area (Å²) in [5.74, 6) is 2.73. The van der Waals surface area contributed by atoms with Gasteiger partial charge in [-0.05, 0) is 37.0 Å². The van der Waals surface area contributed by atoms with Crippen LogP contribution in [0.15, 0.2) is 29.3 Å². The molecule has 0 aromatic heterocycles. The Kier molecular flexibility index (Phi) is 5.71. The van der Waals surface area contributed by atoms with Crippen molar-refractivity contribution in [2.24, 2.45) is 10.9 Å². The number of benzene rings is 1. The van der Waals surface area contributed by atoms with Gasteiger partial charge in [-0.15, -0.1) is 0 Å². The fourth-order valence-electron chi connectivity index (χ4n) is 2.08. The van der Waals surface area contributed by atoms with Crippen LogP contribution in [0.5, 0.6) is 5.75 Å². The first-order valence-corrected chi connectivity index (χ1v) is 7.47. The van der Waals surface area contributed by atoms with Gasteiger partial charge in [-0.3, -0.25) is 0 Å². The number of aliphatic imine (C=N–C) groups is 1. The Morgan fingerprint density at radius 3 is 2.90 bits per heavy atom. The largest absolute Gasteiger partial charge is 0.497 e. The van der Waals surface area contributed by atoms with Gasteiger partial charge in [0.25, 0.3) is 0 Å². The number of nitrogens with zero attached hydrogens (tertiary/aromatic N) is 1. The van der Waals surface area contributed by atoms with E-state index in [2.05, 4.69) is 28.6 Å². The van der Waals surface area contributed by atoms with Crippen LogP contribution in [0, 0.1) is 5.92 Å². The van der Waals surface area contributed by atoms with E-state index in [1.54, 1.807) is 7.11 Å². The Labute approximate surface area is 121 Å². The molecule has 4 nitrogen and oxygen atoms in total. The van der Waals surface area contributed by atoms with Crippen LogP contribution < -0.4 is 15.4 Å². The van der Waals surface area contributed by atoms with Crippen LogP contribution in [-0.4, -0.2) is 26.2 Å². The summed E-state index contributed by atoms with van der Waals surface area (Å²) in [4.78, 5) is 4.62. The van der Waals surface area contributed by atoms with E-state index in [0.29, 0.717) is 6.54 Å².